The van der Waals surface area contributed by atoms with E-state index in [0.717, 1.165) is 33.6 Å². The van der Waals surface area contributed by atoms with Gasteiger partial charge in [-0.05, 0) is 125 Å². The number of likely N-dealkylation sites (N-methyl/N-ethyl adjacent to an activating group) is 2. The van der Waals surface area contributed by atoms with Gasteiger partial charge in [0.15, 0.2) is 0 Å². The van der Waals surface area contributed by atoms with Gasteiger partial charge in [0.2, 0.25) is 0 Å². The van der Waals surface area contributed by atoms with Gasteiger partial charge in [-0.1, -0.05) is 73.4 Å². The van der Waals surface area contributed by atoms with Crippen molar-refractivity contribution < 1.29 is 24.9 Å². The van der Waals surface area contributed by atoms with Gasteiger partial charge in [-0.2, -0.15) is 0 Å². The summed E-state index contributed by atoms with van der Waals surface area (Å²) < 4.78 is 0. The number of aliphatic hydroxyl groups is 2. The number of aromatic carboxylic acids is 1. The van der Waals surface area contributed by atoms with E-state index >= 15 is 0 Å². The molecule has 0 fully saturated rings. The van der Waals surface area contributed by atoms with Crippen LogP contribution < -0.4 is 32.3 Å². The van der Waals surface area contributed by atoms with Crippen LogP contribution in [0.4, 0.5) is 11.4 Å². The number of amides is 1. The number of carboxylic acid groups (broad SMARTS) is 1. The van der Waals surface area contributed by atoms with E-state index in [9.17, 15) is 19.8 Å². The molecule has 1 amide bonds. The highest BCUT2D eigenvalue weighted by Gasteiger charge is 2.41. The van der Waals surface area contributed by atoms with Crippen molar-refractivity contribution in [3.05, 3.63) is 126 Å². The van der Waals surface area contributed by atoms with E-state index in [4.69, 9.17) is 57.2 Å². The summed E-state index contributed by atoms with van der Waals surface area (Å²) in [5.74, 6) is -1.18. The van der Waals surface area contributed by atoms with Crippen LogP contribution in [0, 0.1) is 0 Å². The number of benzene rings is 4. The molecule has 0 unspecified atom stereocenters. The van der Waals surface area contributed by atoms with Gasteiger partial charge in [0, 0.05) is 50.1 Å². The molecule has 312 valence electrons. The van der Waals surface area contributed by atoms with Crippen molar-refractivity contribution in [2.24, 2.45) is 5.73 Å². The number of fused-ring (bicyclic) bond motifs is 2. The number of carbonyl (C=O) groups is 2. The minimum atomic E-state index is -0.966. The molecule has 0 bridgehead atoms. The fourth-order valence-corrected chi connectivity index (χ4v) is 7.38. The third-order valence-corrected chi connectivity index (χ3v) is 10.8. The van der Waals surface area contributed by atoms with E-state index < -0.39 is 29.3 Å². The van der Waals surface area contributed by atoms with E-state index in [1.54, 1.807) is 74.8 Å². The number of hydrogen-bond acceptors (Lipinski definition) is 9. The van der Waals surface area contributed by atoms with E-state index in [1.807, 2.05) is 39.8 Å². The zero-order valence-electron chi connectivity index (χ0n) is 31.4. The van der Waals surface area contributed by atoms with E-state index in [1.165, 1.54) is 0 Å². The average Bonchev–Trinajstić information content (AvgIpc) is 3.12. The van der Waals surface area contributed by atoms with Crippen LogP contribution in [-0.2, 0) is 13.1 Å². The van der Waals surface area contributed by atoms with Gasteiger partial charge in [-0.25, -0.2) is 4.79 Å². The molecule has 2 aliphatic rings. The molecule has 0 aliphatic carbocycles. The summed E-state index contributed by atoms with van der Waals surface area (Å²) in [4.78, 5) is 23.6. The molecular formula is C42H56Cl4N6O5. The van der Waals surface area contributed by atoms with Crippen LogP contribution in [0.25, 0.3) is 0 Å². The third kappa shape index (κ3) is 12.0. The van der Waals surface area contributed by atoms with E-state index in [-0.39, 0.29) is 38.4 Å². The lowest BCUT2D eigenvalue weighted by molar-refractivity contribution is 0.0684. The molecule has 10 N–H and O–H groups in total. The topological polar surface area (TPSA) is 181 Å². The maximum atomic E-state index is 12.6. The lowest BCUT2D eigenvalue weighted by atomic mass is 9.82. The molecule has 0 aromatic heterocycles. The van der Waals surface area contributed by atoms with Gasteiger partial charge >= 0.3 is 5.97 Å². The molecular weight excluding hydrogens is 810 g/mol. The number of anilines is 2. The number of nitrogens with two attached hydrogens (primary N) is 1. The Bertz CT molecular complexity index is 2010. The Morgan fingerprint density at radius 2 is 1.11 bits per heavy atom. The Hall–Kier alpha value is -3.62. The maximum Gasteiger partial charge on any atom is 0.335 e. The number of aliphatic hydroxyl groups excluding tert-OH is 2. The monoisotopic (exact) mass is 864 g/mol. The summed E-state index contributed by atoms with van der Waals surface area (Å²) in [6.07, 6.45) is -1.28. The summed E-state index contributed by atoms with van der Waals surface area (Å²) in [5.41, 5.74) is 10.3. The molecule has 11 nitrogen and oxygen atoms in total. The second-order valence-electron chi connectivity index (χ2n) is 14.4. The predicted octanol–water partition coefficient (Wildman–Crippen LogP) is 8.68. The quantitative estimate of drug-likeness (QED) is 0.0873. The van der Waals surface area contributed by atoms with Crippen LogP contribution in [0.2, 0.25) is 20.1 Å². The molecule has 0 spiro atoms. The molecule has 2 heterocycles. The largest absolute Gasteiger partial charge is 0.478 e. The first-order valence-electron chi connectivity index (χ1n) is 17.5. The SMILES string of the molecule is C.C.CN[C@@H]1c2cc(C(=O)NCc3ccc(Cl)cc3Cl)ccc2NC(C)(C)[C@H]1O.CN[C@@H]1c2cc(C(=O)O)ccc2NC(C)(C)[C@H]1O.NCc1ccc(Cl)cc1Cl. The predicted molar refractivity (Wildman–Crippen MR) is 236 cm³/mol. The summed E-state index contributed by atoms with van der Waals surface area (Å²) in [6, 6.07) is 20.3. The molecule has 0 saturated heterocycles. The second kappa shape index (κ2) is 20.9. The normalized spacial score (nSPS) is 19.4. The third-order valence-electron chi connectivity index (χ3n) is 9.62. The lowest BCUT2D eigenvalue weighted by Crippen LogP contribution is -2.53. The van der Waals surface area contributed by atoms with Gasteiger partial charge in [0.1, 0.15) is 0 Å². The van der Waals surface area contributed by atoms with Crippen molar-refractivity contribution in [3.63, 3.8) is 0 Å². The van der Waals surface area contributed by atoms with Gasteiger partial charge < -0.3 is 47.6 Å². The summed E-state index contributed by atoms with van der Waals surface area (Å²) in [6.45, 7) is 8.47. The molecule has 4 aromatic carbocycles. The fraction of sp³-hybridized carbons (Fsp3) is 0.381. The van der Waals surface area contributed by atoms with Crippen LogP contribution in [0.1, 0.15) is 97.6 Å². The first-order chi connectivity index (χ1) is 25.8. The molecule has 0 saturated carbocycles. The van der Waals surface area contributed by atoms with Crippen LogP contribution in [0.5, 0.6) is 0 Å². The minimum Gasteiger partial charge on any atom is -0.478 e. The summed E-state index contributed by atoms with van der Waals surface area (Å²) in [5, 5.41) is 47.9. The molecule has 2 aliphatic heterocycles. The molecule has 6 rings (SSSR count). The number of nitrogens with one attached hydrogen (secondary N) is 5. The lowest BCUT2D eigenvalue weighted by Gasteiger charge is -2.43. The Morgan fingerprint density at radius 3 is 1.51 bits per heavy atom. The number of carboxylic acids is 1. The zero-order chi connectivity index (χ0) is 40.8. The van der Waals surface area contributed by atoms with Gasteiger partial charge in [-0.15, -0.1) is 0 Å². The molecule has 15 heteroatoms. The maximum absolute atomic E-state index is 12.6. The van der Waals surface area contributed by atoms with Crippen molar-refractivity contribution in [1.29, 1.82) is 0 Å². The molecule has 0 radical (unpaired) electrons. The van der Waals surface area contributed by atoms with Gasteiger partial charge in [0.25, 0.3) is 5.91 Å². The molecule has 57 heavy (non-hydrogen) atoms. The first kappa shape index (κ1) is 49.5. The number of carbonyl (C=O) groups excluding carboxylic acids is 1. The first-order valence-corrected chi connectivity index (χ1v) is 19.0. The molecule has 4 atom stereocenters. The van der Waals surface area contributed by atoms with Crippen molar-refractivity contribution in [2.45, 2.75) is 91.0 Å². The van der Waals surface area contributed by atoms with E-state index in [0.29, 0.717) is 38.7 Å². The smallest absolute Gasteiger partial charge is 0.335 e. The summed E-state index contributed by atoms with van der Waals surface area (Å²) >= 11 is 23.5. The van der Waals surface area contributed by atoms with Crippen LogP contribution in [0.15, 0.2) is 72.8 Å². The highest BCUT2D eigenvalue weighted by atomic mass is 35.5. The Morgan fingerprint density at radius 1 is 0.684 bits per heavy atom. The van der Waals surface area contributed by atoms with Crippen molar-refractivity contribution in [1.82, 2.24) is 16.0 Å². The number of rotatable bonds is 7. The highest BCUT2D eigenvalue weighted by molar-refractivity contribution is 6.35. The van der Waals surface area contributed by atoms with Gasteiger partial charge in [0.05, 0.1) is 40.9 Å². The zero-order valence-corrected chi connectivity index (χ0v) is 34.4. The fourth-order valence-electron chi connectivity index (χ4n) is 6.41. The minimum absolute atomic E-state index is 0. The summed E-state index contributed by atoms with van der Waals surface area (Å²) in [7, 11) is 3.56. The number of hydrogen-bond donors (Lipinski definition) is 9. The second-order valence-corrected chi connectivity index (χ2v) is 16.1. The Labute approximate surface area is 356 Å². The Balaban J connectivity index is 0.000000322. The molecule has 4 aromatic rings. The number of halogens is 4. The van der Waals surface area contributed by atoms with E-state index in [2.05, 4.69) is 26.6 Å². The standard InChI is InChI=1S/C20H23Cl2N3O2.C13H18N2O3.C7H7Cl2N.2CH4/c1-20(2)18(26)17(23-3)14-8-11(5-7-16(14)25-20)19(27)24-10-12-4-6-13(21)9-15(12)22;1-13(2)11(16)10(14-3)8-6-7(12(17)18)4-5-9(8)15-13;8-6-2-1-5(4-10)7(9)3-6;;/h4-9,17-18,23,25-26H,10H2,1-3H3,(H,24,27);4-6,10-11,14-16H,1-3H3,(H,17,18);1-3H,4,10H2;2*1H4/t17-,18+;10-,11+;;;/m11.../s1. The Kier molecular flexibility index (Phi) is 18.1. The van der Waals surface area contributed by atoms with Gasteiger partial charge in [-0.3, -0.25) is 4.79 Å². The van der Waals surface area contributed by atoms with Crippen molar-refractivity contribution in [3.8, 4) is 0 Å². The highest BCUT2D eigenvalue weighted by Crippen LogP contribution is 2.39. The van der Waals surface area contributed by atoms with Crippen LogP contribution in [0.3, 0.4) is 0 Å². The van der Waals surface area contributed by atoms with Crippen LogP contribution in [-0.4, -0.2) is 64.6 Å². The van der Waals surface area contributed by atoms with Crippen molar-refractivity contribution in [2.75, 3.05) is 24.7 Å². The van der Waals surface area contributed by atoms with Crippen LogP contribution >= 0.6 is 46.4 Å². The van der Waals surface area contributed by atoms with Crippen molar-refractivity contribution >= 4 is 69.7 Å². The average molecular weight is 867 g/mol.